The lowest BCUT2D eigenvalue weighted by Gasteiger charge is -2.15. The van der Waals surface area contributed by atoms with Gasteiger partial charge in [-0.15, -0.1) is 0 Å². The molecule has 0 saturated heterocycles. The van der Waals surface area contributed by atoms with E-state index in [-0.39, 0.29) is 5.56 Å². The lowest BCUT2D eigenvalue weighted by molar-refractivity contribution is 0.600. The van der Waals surface area contributed by atoms with Gasteiger partial charge in [-0.05, 0) is 48.9 Å². The third kappa shape index (κ3) is 4.68. The molecule has 30 heavy (non-hydrogen) atoms. The van der Waals surface area contributed by atoms with E-state index in [0.717, 1.165) is 59.5 Å². The highest BCUT2D eigenvalue weighted by atomic mass is 16.1. The van der Waals surface area contributed by atoms with Crippen LogP contribution in [0.25, 0.3) is 11.1 Å². The summed E-state index contributed by atoms with van der Waals surface area (Å²) >= 11 is 0. The van der Waals surface area contributed by atoms with Crippen LogP contribution in [0, 0.1) is 18.3 Å². The number of hydrogen-bond acceptors (Lipinski definition) is 3. The Bertz CT molecular complexity index is 1100. The second-order valence-electron chi connectivity index (χ2n) is 7.68. The van der Waals surface area contributed by atoms with Crippen LogP contribution in [0.5, 0.6) is 0 Å². The zero-order valence-electron chi connectivity index (χ0n) is 18.1. The van der Waals surface area contributed by atoms with Gasteiger partial charge in [0.05, 0.1) is 17.3 Å². The molecule has 1 aromatic heterocycles. The Hall–Kier alpha value is -3.19. The van der Waals surface area contributed by atoms with Crippen molar-refractivity contribution < 1.29 is 0 Å². The normalized spacial score (nSPS) is 10.7. The lowest BCUT2D eigenvalue weighted by atomic mass is 9.97. The van der Waals surface area contributed by atoms with Crippen molar-refractivity contribution in [3.05, 3.63) is 87.1 Å². The minimum atomic E-state index is 0.0920. The highest BCUT2D eigenvalue weighted by Crippen LogP contribution is 2.24. The Kier molecular flexibility index (Phi) is 7.19. The van der Waals surface area contributed by atoms with Crippen molar-refractivity contribution in [2.75, 3.05) is 0 Å². The van der Waals surface area contributed by atoms with Gasteiger partial charge in [0.1, 0.15) is 5.82 Å². The molecule has 0 aliphatic rings. The first-order chi connectivity index (χ1) is 14.6. The van der Waals surface area contributed by atoms with Crippen molar-refractivity contribution in [3.8, 4) is 17.2 Å². The fourth-order valence-electron chi connectivity index (χ4n) is 3.81. The number of nitriles is 1. The maximum absolute atomic E-state index is 13.2. The molecule has 0 aliphatic carbocycles. The summed E-state index contributed by atoms with van der Waals surface area (Å²) in [6.07, 6.45) is 4.42. The molecule has 3 rings (SSSR count). The highest BCUT2D eigenvalue weighted by molar-refractivity contribution is 5.70. The number of aromatic nitrogens is 2. The predicted molar refractivity (Wildman–Crippen MR) is 122 cm³/mol. The predicted octanol–water partition coefficient (Wildman–Crippen LogP) is 5.43. The smallest absolute Gasteiger partial charge is 0.257 e. The lowest BCUT2D eigenvalue weighted by Crippen LogP contribution is -2.29. The summed E-state index contributed by atoms with van der Waals surface area (Å²) in [4.78, 5) is 18.0. The van der Waals surface area contributed by atoms with E-state index >= 15 is 0 Å². The van der Waals surface area contributed by atoms with Crippen molar-refractivity contribution in [3.63, 3.8) is 0 Å². The molecule has 0 spiro atoms. The molecule has 0 amide bonds. The zero-order chi connectivity index (χ0) is 21.5. The van der Waals surface area contributed by atoms with Crippen LogP contribution in [0.3, 0.4) is 0 Å². The summed E-state index contributed by atoms with van der Waals surface area (Å²) in [7, 11) is 0. The van der Waals surface area contributed by atoms with E-state index in [9.17, 15) is 10.1 Å². The molecule has 0 radical (unpaired) electrons. The minimum Gasteiger partial charge on any atom is -0.297 e. The quantitative estimate of drug-likeness (QED) is 0.507. The summed E-state index contributed by atoms with van der Waals surface area (Å²) in [5.74, 6) is 0.806. The van der Waals surface area contributed by atoms with Crippen LogP contribution >= 0.6 is 0 Å². The molecule has 0 unspecified atom stereocenters. The molecule has 154 valence electrons. The van der Waals surface area contributed by atoms with Gasteiger partial charge in [0.15, 0.2) is 0 Å². The average molecular weight is 400 g/mol. The molecule has 0 aliphatic heterocycles. The van der Waals surface area contributed by atoms with Crippen LogP contribution in [-0.4, -0.2) is 9.55 Å². The number of nitrogens with zero attached hydrogens (tertiary/aromatic N) is 3. The zero-order valence-corrected chi connectivity index (χ0v) is 18.1. The van der Waals surface area contributed by atoms with E-state index in [1.165, 1.54) is 0 Å². The Labute approximate surface area is 178 Å². The van der Waals surface area contributed by atoms with E-state index < -0.39 is 0 Å². The second-order valence-corrected chi connectivity index (χ2v) is 7.68. The standard InChI is InChI=1S/C26H29N3O/c1-4-6-11-25-24(26(30)29(16-5-2)19(3)28-25)17-20-12-14-21(15-13-20)23-10-8-7-9-22(23)18-27/h7-10,12-15H,4-6,11,16-17H2,1-3H3. The van der Waals surface area contributed by atoms with Gasteiger partial charge in [0.25, 0.3) is 5.56 Å². The number of unbranched alkanes of at least 4 members (excludes halogenated alkanes) is 1. The second kappa shape index (κ2) is 10.0. The topological polar surface area (TPSA) is 58.7 Å². The molecular formula is C26H29N3O. The van der Waals surface area contributed by atoms with Crippen molar-refractivity contribution in [2.45, 2.75) is 59.4 Å². The Morgan fingerprint density at radius 2 is 1.77 bits per heavy atom. The molecule has 2 aromatic carbocycles. The summed E-state index contributed by atoms with van der Waals surface area (Å²) in [6, 6.07) is 18.0. The summed E-state index contributed by atoms with van der Waals surface area (Å²) in [6.45, 7) is 6.86. The van der Waals surface area contributed by atoms with E-state index in [4.69, 9.17) is 4.98 Å². The average Bonchev–Trinajstić information content (AvgIpc) is 2.77. The van der Waals surface area contributed by atoms with Gasteiger partial charge in [-0.2, -0.15) is 5.26 Å². The molecule has 0 bridgehead atoms. The van der Waals surface area contributed by atoms with E-state index in [1.54, 1.807) is 0 Å². The summed E-state index contributed by atoms with van der Waals surface area (Å²) < 4.78 is 1.81. The Balaban J connectivity index is 1.96. The summed E-state index contributed by atoms with van der Waals surface area (Å²) in [5, 5.41) is 9.36. The Morgan fingerprint density at radius 3 is 2.43 bits per heavy atom. The fourth-order valence-corrected chi connectivity index (χ4v) is 3.81. The molecule has 3 aromatic rings. The third-order valence-corrected chi connectivity index (χ3v) is 5.45. The van der Waals surface area contributed by atoms with Gasteiger partial charge in [-0.25, -0.2) is 4.98 Å². The SMILES string of the molecule is CCCCc1nc(C)n(CCC)c(=O)c1Cc1ccc(-c2ccccc2C#N)cc1. The number of benzene rings is 2. The maximum atomic E-state index is 13.2. The molecule has 0 fully saturated rings. The summed E-state index contributed by atoms with van der Waals surface area (Å²) in [5.41, 5.74) is 5.52. The van der Waals surface area contributed by atoms with Crippen LogP contribution in [0.1, 0.15) is 61.3 Å². The van der Waals surface area contributed by atoms with E-state index in [1.807, 2.05) is 47.9 Å². The monoisotopic (exact) mass is 399 g/mol. The van der Waals surface area contributed by atoms with E-state index in [2.05, 4.69) is 32.0 Å². The molecule has 4 heteroatoms. The van der Waals surface area contributed by atoms with Crippen molar-refractivity contribution >= 4 is 0 Å². The van der Waals surface area contributed by atoms with E-state index in [0.29, 0.717) is 18.5 Å². The largest absolute Gasteiger partial charge is 0.297 e. The number of aryl methyl sites for hydroxylation is 2. The molecule has 0 saturated carbocycles. The van der Waals surface area contributed by atoms with Crippen LogP contribution < -0.4 is 5.56 Å². The Morgan fingerprint density at radius 1 is 1.03 bits per heavy atom. The first-order valence-corrected chi connectivity index (χ1v) is 10.8. The van der Waals surface area contributed by atoms with Gasteiger partial charge >= 0.3 is 0 Å². The van der Waals surface area contributed by atoms with Gasteiger partial charge in [-0.3, -0.25) is 9.36 Å². The van der Waals surface area contributed by atoms with Gasteiger partial charge in [-0.1, -0.05) is 62.7 Å². The van der Waals surface area contributed by atoms with Crippen molar-refractivity contribution in [2.24, 2.45) is 0 Å². The molecular weight excluding hydrogens is 370 g/mol. The van der Waals surface area contributed by atoms with Gasteiger partial charge in [0, 0.05) is 18.5 Å². The highest BCUT2D eigenvalue weighted by Gasteiger charge is 2.15. The third-order valence-electron chi connectivity index (χ3n) is 5.45. The van der Waals surface area contributed by atoms with Crippen LogP contribution in [-0.2, 0) is 19.4 Å². The first kappa shape index (κ1) is 21.5. The van der Waals surface area contributed by atoms with Crippen molar-refractivity contribution in [1.82, 2.24) is 9.55 Å². The fraction of sp³-hybridized carbons (Fsp3) is 0.346. The molecule has 0 N–H and O–H groups in total. The molecule has 0 atom stereocenters. The number of rotatable bonds is 8. The van der Waals surface area contributed by atoms with Gasteiger partial charge in [0.2, 0.25) is 0 Å². The minimum absolute atomic E-state index is 0.0920. The van der Waals surface area contributed by atoms with Crippen LogP contribution in [0.2, 0.25) is 0 Å². The van der Waals surface area contributed by atoms with Gasteiger partial charge < -0.3 is 0 Å². The van der Waals surface area contributed by atoms with Crippen molar-refractivity contribution in [1.29, 1.82) is 5.26 Å². The first-order valence-electron chi connectivity index (χ1n) is 10.8. The number of hydrogen-bond donors (Lipinski definition) is 0. The van der Waals surface area contributed by atoms with Crippen LogP contribution in [0.4, 0.5) is 0 Å². The molecule has 1 heterocycles. The molecule has 4 nitrogen and oxygen atoms in total. The maximum Gasteiger partial charge on any atom is 0.257 e. The van der Waals surface area contributed by atoms with Crippen LogP contribution in [0.15, 0.2) is 53.3 Å².